The summed E-state index contributed by atoms with van der Waals surface area (Å²) >= 11 is 6.16. The van der Waals surface area contributed by atoms with E-state index in [-0.39, 0.29) is 0 Å². The first-order chi connectivity index (χ1) is 7.52. The first-order valence-corrected chi connectivity index (χ1v) is 6.17. The van der Waals surface area contributed by atoms with Crippen LogP contribution in [0.4, 0.5) is 5.69 Å². The summed E-state index contributed by atoms with van der Waals surface area (Å²) in [7, 11) is 0. The summed E-state index contributed by atoms with van der Waals surface area (Å²) in [5.74, 6) is 0.674. The third-order valence-electron chi connectivity index (χ3n) is 2.54. The van der Waals surface area contributed by atoms with Crippen molar-refractivity contribution in [2.45, 2.75) is 27.3 Å². The van der Waals surface area contributed by atoms with Gasteiger partial charge in [0.15, 0.2) is 0 Å². The van der Waals surface area contributed by atoms with E-state index >= 15 is 0 Å². The van der Waals surface area contributed by atoms with E-state index in [1.807, 2.05) is 18.2 Å². The molecular weight excluding hydrogens is 220 g/mol. The van der Waals surface area contributed by atoms with Crippen molar-refractivity contribution in [2.75, 3.05) is 18.8 Å². The molecule has 0 aliphatic heterocycles. The second-order valence-corrected chi connectivity index (χ2v) is 4.98. The molecule has 1 rings (SSSR count). The monoisotopic (exact) mass is 240 g/mol. The largest absolute Gasteiger partial charge is 0.399 e. The van der Waals surface area contributed by atoms with Gasteiger partial charge in [-0.05, 0) is 30.2 Å². The van der Waals surface area contributed by atoms with Gasteiger partial charge in [0.1, 0.15) is 0 Å². The van der Waals surface area contributed by atoms with Crippen LogP contribution in [0, 0.1) is 5.92 Å². The summed E-state index contributed by atoms with van der Waals surface area (Å²) in [6.45, 7) is 9.66. The number of nitrogens with two attached hydrogens (primary N) is 1. The minimum Gasteiger partial charge on any atom is -0.399 e. The Morgan fingerprint density at radius 3 is 2.56 bits per heavy atom. The van der Waals surface area contributed by atoms with Gasteiger partial charge in [0.2, 0.25) is 0 Å². The van der Waals surface area contributed by atoms with Crippen molar-refractivity contribution in [3.05, 3.63) is 28.8 Å². The molecule has 2 nitrogen and oxygen atoms in total. The van der Waals surface area contributed by atoms with Crippen molar-refractivity contribution < 1.29 is 0 Å². The summed E-state index contributed by atoms with van der Waals surface area (Å²) in [4.78, 5) is 2.39. The van der Waals surface area contributed by atoms with Crippen LogP contribution in [-0.4, -0.2) is 18.0 Å². The molecule has 1 aromatic rings. The number of hydrogen-bond donors (Lipinski definition) is 1. The van der Waals surface area contributed by atoms with Crippen LogP contribution in [0.5, 0.6) is 0 Å². The number of anilines is 1. The van der Waals surface area contributed by atoms with Crippen molar-refractivity contribution in [1.29, 1.82) is 0 Å². The van der Waals surface area contributed by atoms with E-state index < -0.39 is 0 Å². The zero-order valence-corrected chi connectivity index (χ0v) is 11.1. The van der Waals surface area contributed by atoms with Gasteiger partial charge in [0, 0.05) is 23.8 Å². The maximum absolute atomic E-state index is 6.16. The minimum absolute atomic E-state index is 0.674. The standard InChI is InChI=1S/C13H21ClN2/c1-4-16(8-10(2)3)9-11-5-6-12(15)7-13(11)14/h5-7,10H,4,8-9,15H2,1-3H3. The van der Waals surface area contributed by atoms with Crippen LogP contribution < -0.4 is 5.73 Å². The lowest BCUT2D eigenvalue weighted by molar-refractivity contribution is 0.248. The average molecular weight is 241 g/mol. The summed E-state index contributed by atoms with van der Waals surface area (Å²) in [5, 5.41) is 0.766. The minimum atomic E-state index is 0.674. The molecule has 0 spiro atoms. The van der Waals surface area contributed by atoms with Crippen LogP contribution in [0.15, 0.2) is 18.2 Å². The van der Waals surface area contributed by atoms with Gasteiger partial charge in [-0.3, -0.25) is 4.90 Å². The number of halogens is 1. The lowest BCUT2D eigenvalue weighted by atomic mass is 10.1. The topological polar surface area (TPSA) is 29.3 Å². The van der Waals surface area contributed by atoms with Gasteiger partial charge in [-0.25, -0.2) is 0 Å². The van der Waals surface area contributed by atoms with E-state index in [9.17, 15) is 0 Å². The van der Waals surface area contributed by atoms with E-state index in [1.54, 1.807) is 0 Å². The molecule has 0 atom stereocenters. The molecule has 0 fully saturated rings. The van der Waals surface area contributed by atoms with Crippen LogP contribution in [0.1, 0.15) is 26.3 Å². The lowest BCUT2D eigenvalue weighted by Gasteiger charge is -2.23. The van der Waals surface area contributed by atoms with E-state index in [4.69, 9.17) is 17.3 Å². The third kappa shape index (κ3) is 4.03. The number of nitrogen functional groups attached to an aromatic ring is 1. The molecule has 0 radical (unpaired) electrons. The Hall–Kier alpha value is -0.730. The Labute approximate surface area is 103 Å². The molecule has 0 aliphatic carbocycles. The molecule has 0 saturated heterocycles. The maximum Gasteiger partial charge on any atom is 0.0471 e. The maximum atomic E-state index is 6.16. The molecule has 2 N–H and O–H groups in total. The predicted molar refractivity (Wildman–Crippen MR) is 71.7 cm³/mol. The Balaban J connectivity index is 2.70. The summed E-state index contributed by atoms with van der Waals surface area (Å²) in [5.41, 5.74) is 7.55. The third-order valence-corrected chi connectivity index (χ3v) is 2.89. The average Bonchev–Trinajstić information content (AvgIpc) is 2.20. The number of nitrogens with zero attached hydrogens (tertiary/aromatic N) is 1. The van der Waals surface area contributed by atoms with Gasteiger partial charge >= 0.3 is 0 Å². The van der Waals surface area contributed by atoms with Crippen molar-refractivity contribution in [1.82, 2.24) is 4.90 Å². The summed E-state index contributed by atoms with van der Waals surface area (Å²) < 4.78 is 0. The first kappa shape index (κ1) is 13.3. The first-order valence-electron chi connectivity index (χ1n) is 5.79. The highest BCUT2D eigenvalue weighted by atomic mass is 35.5. The second kappa shape index (κ2) is 6.12. The molecular formula is C13H21ClN2. The predicted octanol–water partition coefficient (Wildman–Crippen LogP) is 3.40. The fourth-order valence-electron chi connectivity index (χ4n) is 1.75. The van der Waals surface area contributed by atoms with Gasteiger partial charge in [0.05, 0.1) is 0 Å². The Bertz CT molecular complexity index is 337. The highest BCUT2D eigenvalue weighted by molar-refractivity contribution is 6.31. The van der Waals surface area contributed by atoms with Crippen LogP contribution >= 0.6 is 11.6 Å². The highest BCUT2D eigenvalue weighted by Crippen LogP contribution is 2.20. The molecule has 0 heterocycles. The zero-order chi connectivity index (χ0) is 12.1. The molecule has 0 aliphatic rings. The molecule has 0 unspecified atom stereocenters. The van der Waals surface area contributed by atoms with Gasteiger partial charge in [-0.1, -0.05) is 38.4 Å². The Morgan fingerprint density at radius 1 is 1.38 bits per heavy atom. The van der Waals surface area contributed by atoms with Gasteiger partial charge < -0.3 is 5.73 Å². The van der Waals surface area contributed by atoms with Crippen molar-refractivity contribution in [3.8, 4) is 0 Å². The van der Waals surface area contributed by atoms with E-state index in [1.165, 1.54) is 0 Å². The number of hydrogen-bond acceptors (Lipinski definition) is 2. The van der Waals surface area contributed by atoms with Gasteiger partial charge in [-0.15, -0.1) is 0 Å². The van der Waals surface area contributed by atoms with Crippen molar-refractivity contribution in [2.24, 2.45) is 5.92 Å². The van der Waals surface area contributed by atoms with Crippen molar-refractivity contribution >= 4 is 17.3 Å². The van der Waals surface area contributed by atoms with Crippen LogP contribution in [-0.2, 0) is 6.54 Å². The Kier molecular flexibility index (Phi) is 5.10. The molecule has 0 amide bonds. The van der Waals surface area contributed by atoms with Gasteiger partial charge in [0.25, 0.3) is 0 Å². The molecule has 0 bridgehead atoms. The normalized spacial score (nSPS) is 11.4. The quantitative estimate of drug-likeness (QED) is 0.800. The molecule has 1 aromatic carbocycles. The highest BCUT2D eigenvalue weighted by Gasteiger charge is 2.08. The molecule has 0 aromatic heterocycles. The lowest BCUT2D eigenvalue weighted by Crippen LogP contribution is -2.27. The van der Waals surface area contributed by atoms with Crippen LogP contribution in [0.3, 0.4) is 0 Å². The Morgan fingerprint density at radius 2 is 2.06 bits per heavy atom. The fraction of sp³-hybridized carbons (Fsp3) is 0.538. The SMILES string of the molecule is CCN(Cc1ccc(N)cc1Cl)CC(C)C. The van der Waals surface area contributed by atoms with Crippen LogP contribution in [0.25, 0.3) is 0 Å². The smallest absolute Gasteiger partial charge is 0.0471 e. The van der Waals surface area contributed by atoms with E-state index in [2.05, 4.69) is 25.7 Å². The van der Waals surface area contributed by atoms with Crippen LogP contribution in [0.2, 0.25) is 5.02 Å². The number of benzene rings is 1. The van der Waals surface area contributed by atoms with E-state index in [0.717, 1.165) is 35.9 Å². The summed E-state index contributed by atoms with van der Waals surface area (Å²) in [6, 6.07) is 5.74. The molecule has 16 heavy (non-hydrogen) atoms. The number of rotatable bonds is 5. The second-order valence-electron chi connectivity index (χ2n) is 4.57. The van der Waals surface area contributed by atoms with Crippen molar-refractivity contribution in [3.63, 3.8) is 0 Å². The van der Waals surface area contributed by atoms with E-state index in [0.29, 0.717) is 5.92 Å². The molecule has 3 heteroatoms. The van der Waals surface area contributed by atoms with Gasteiger partial charge in [-0.2, -0.15) is 0 Å². The molecule has 90 valence electrons. The fourth-order valence-corrected chi connectivity index (χ4v) is 2.00. The molecule has 0 saturated carbocycles. The summed E-state index contributed by atoms with van der Waals surface area (Å²) in [6.07, 6.45) is 0. The zero-order valence-electron chi connectivity index (χ0n) is 10.3.